The van der Waals surface area contributed by atoms with Crippen molar-refractivity contribution in [1.82, 2.24) is 10.4 Å². The van der Waals surface area contributed by atoms with E-state index in [1.165, 1.54) is 11.8 Å². The number of rotatable bonds is 9. The maximum Gasteiger partial charge on any atom is 0.257 e. The number of thioether (sulfide) groups is 1. The lowest BCUT2D eigenvalue weighted by atomic mass is 10.2. The largest absolute Gasteiger partial charge is 0.493 e. The van der Waals surface area contributed by atoms with Gasteiger partial charge in [-0.3, -0.25) is 4.79 Å². The van der Waals surface area contributed by atoms with E-state index in [0.29, 0.717) is 28.9 Å². The number of benzene rings is 3. The van der Waals surface area contributed by atoms with Gasteiger partial charge in [0, 0.05) is 4.47 Å². The topological polar surface area (TPSA) is 86.0 Å². The molecule has 0 fully saturated rings. The Morgan fingerprint density at radius 3 is 2.76 bits per heavy atom. The number of methoxy groups -OCH3 is 1. The van der Waals surface area contributed by atoms with Gasteiger partial charge in [-0.15, -0.1) is 0 Å². The molecule has 7 nitrogen and oxygen atoms in total. The van der Waals surface area contributed by atoms with Crippen LogP contribution in [-0.4, -0.2) is 30.0 Å². The van der Waals surface area contributed by atoms with Crippen molar-refractivity contribution >= 4 is 50.9 Å². The molecule has 0 aliphatic heterocycles. The monoisotopic (exact) mass is 525 g/mol. The van der Waals surface area contributed by atoms with E-state index < -0.39 is 0 Å². The second kappa shape index (κ2) is 11.0. The molecule has 0 saturated carbocycles. The molecule has 0 aliphatic rings. The Balaban J connectivity index is 1.28. The first kappa shape index (κ1) is 22.9. The van der Waals surface area contributed by atoms with E-state index in [-0.39, 0.29) is 11.7 Å². The molecule has 4 aromatic rings. The fraction of sp³-hybridized carbons (Fsp3) is 0.125. The van der Waals surface area contributed by atoms with Crippen molar-refractivity contribution in [3.63, 3.8) is 0 Å². The minimum atomic E-state index is -0.264. The number of para-hydroxylation sites is 2. The van der Waals surface area contributed by atoms with Crippen LogP contribution in [0.15, 0.2) is 85.9 Å². The molecule has 1 heterocycles. The van der Waals surface area contributed by atoms with Crippen molar-refractivity contribution in [3.8, 4) is 11.5 Å². The highest BCUT2D eigenvalue weighted by molar-refractivity contribution is 9.10. The zero-order chi connectivity index (χ0) is 23.0. The average molecular weight is 526 g/mol. The minimum Gasteiger partial charge on any atom is -0.493 e. The Kier molecular flexibility index (Phi) is 7.64. The molecule has 1 amide bonds. The number of hydrogen-bond donors (Lipinski definition) is 1. The van der Waals surface area contributed by atoms with Crippen molar-refractivity contribution in [2.45, 2.75) is 11.8 Å². The van der Waals surface area contributed by atoms with Crippen LogP contribution in [0.2, 0.25) is 0 Å². The summed E-state index contributed by atoms with van der Waals surface area (Å²) in [7, 11) is 1.58. The smallest absolute Gasteiger partial charge is 0.257 e. The normalized spacial score (nSPS) is 11.1. The van der Waals surface area contributed by atoms with E-state index in [1.807, 2.05) is 60.7 Å². The number of halogens is 1. The number of hydrogen-bond acceptors (Lipinski definition) is 7. The van der Waals surface area contributed by atoms with Crippen molar-refractivity contribution in [1.29, 1.82) is 0 Å². The third-order valence-corrected chi connectivity index (χ3v) is 5.86. The number of fused-ring (bicyclic) bond motifs is 1. The molecule has 1 aromatic heterocycles. The van der Waals surface area contributed by atoms with E-state index in [0.717, 1.165) is 21.1 Å². The quantitative estimate of drug-likeness (QED) is 0.178. The van der Waals surface area contributed by atoms with E-state index in [9.17, 15) is 4.79 Å². The lowest BCUT2D eigenvalue weighted by Crippen LogP contribution is -2.19. The van der Waals surface area contributed by atoms with Crippen LogP contribution in [0.1, 0.15) is 11.1 Å². The van der Waals surface area contributed by atoms with Gasteiger partial charge >= 0.3 is 0 Å². The number of aromatic nitrogens is 1. The lowest BCUT2D eigenvalue weighted by molar-refractivity contribution is -0.118. The molecule has 0 unspecified atom stereocenters. The lowest BCUT2D eigenvalue weighted by Gasteiger charge is -2.11. The molecule has 0 atom stereocenters. The molecule has 1 N–H and O–H groups in total. The predicted molar refractivity (Wildman–Crippen MR) is 132 cm³/mol. The van der Waals surface area contributed by atoms with Gasteiger partial charge in [0.05, 0.1) is 19.1 Å². The fourth-order valence-corrected chi connectivity index (χ4v) is 3.77. The standard InChI is InChI=1S/C24H20BrN3O4S/c1-30-22-12-17(8-11-21(22)31-14-16-6-9-18(25)10-7-16)13-26-28-23(29)15-33-24-27-19-4-2-3-5-20(19)32-24/h2-13H,14-15H2,1H3,(H,28,29)/b26-13-. The molecule has 0 saturated heterocycles. The maximum atomic E-state index is 12.1. The third kappa shape index (κ3) is 6.36. The van der Waals surface area contributed by atoms with Crippen molar-refractivity contribution in [2.75, 3.05) is 12.9 Å². The predicted octanol–water partition coefficient (Wildman–Crippen LogP) is 5.42. The van der Waals surface area contributed by atoms with Gasteiger partial charge in [0.1, 0.15) is 12.1 Å². The van der Waals surface area contributed by atoms with Crippen LogP contribution in [0.25, 0.3) is 11.1 Å². The van der Waals surface area contributed by atoms with Crippen LogP contribution in [0, 0.1) is 0 Å². The molecule has 0 aliphatic carbocycles. The highest BCUT2D eigenvalue weighted by Gasteiger charge is 2.09. The van der Waals surface area contributed by atoms with Gasteiger partial charge in [0.25, 0.3) is 11.1 Å². The summed E-state index contributed by atoms with van der Waals surface area (Å²) >= 11 is 4.63. The average Bonchev–Trinajstić information content (AvgIpc) is 3.26. The first-order valence-electron chi connectivity index (χ1n) is 9.96. The number of nitrogens with zero attached hydrogens (tertiary/aromatic N) is 2. The summed E-state index contributed by atoms with van der Waals surface area (Å²) < 4.78 is 17.9. The molecular weight excluding hydrogens is 506 g/mol. The summed E-state index contributed by atoms with van der Waals surface area (Å²) in [5.74, 6) is 1.07. The Morgan fingerprint density at radius 2 is 1.97 bits per heavy atom. The fourth-order valence-electron chi connectivity index (χ4n) is 2.88. The molecule has 9 heteroatoms. The number of carbonyl (C=O) groups excluding carboxylic acids is 1. The van der Waals surface area contributed by atoms with Gasteiger partial charge in [-0.25, -0.2) is 10.4 Å². The summed E-state index contributed by atoms with van der Waals surface area (Å²) in [6.07, 6.45) is 1.54. The van der Waals surface area contributed by atoms with Crippen LogP contribution in [0.5, 0.6) is 11.5 Å². The molecule has 3 aromatic carbocycles. The van der Waals surface area contributed by atoms with E-state index in [4.69, 9.17) is 13.9 Å². The number of ether oxygens (including phenoxy) is 2. The molecular formula is C24H20BrN3O4S. The Hall–Kier alpha value is -3.30. The summed E-state index contributed by atoms with van der Waals surface area (Å²) in [5, 5.41) is 4.46. The van der Waals surface area contributed by atoms with E-state index >= 15 is 0 Å². The second-order valence-corrected chi connectivity index (χ2v) is 8.70. The Bertz CT molecular complexity index is 1240. The zero-order valence-electron chi connectivity index (χ0n) is 17.7. The van der Waals surface area contributed by atoms with Crippen molar-refractivity contribution in [2.24, 2.45) is 5.10 Å². The zero-order valence-corrected chi connectivity index (χ0v) is 20.1. The van der Waals surface area contributed by atoms with Crippen LogP contribution >= 0.6 is 27.7 Å². The number of carbonyl (C=O) groups is 1. The molecule has 168 valence electrons. The first-order valence-corrected chi connectivity index (χ1v) is 11.7. The van der Waals surface area contributed by atoms with Gasteiger partial charge in [-0.2, -0.15) is 5.10 Å². The number of amides is 1. The van der Waals surface area contributed by atoms with Crippen LogP contribution in [0.3, 0.4) is 0 Å². The summed E-state index contributed by atoms with van der Waals surface area (Å²) in [6.45, 7) is 0.422. The molecule has 0 bridgehead atoms. The molecule has 0 spiro atoms. The molecule has 0 radical (unpaired) electrons. The SMILES string of the molecule is COc1cc(/C=N\NC(=O)CSc2nc3ccccc3o2)ccc1OCc1ccc(Br)cc1. The summed E-state index contributed by atoms with van der Waals surface area (Å²) in [5.41, 5.74) is 5.76. The van der Waals surface area contributed by atoms with Crippen LogP contribution in [0.4, 0.5) is 0 Å². The Morgan fingerprint density at radius 1 is 1.15 bits per heavy atom. The van der Waals surface area contributed by atoms with E-state index in [2.05, 4.69) is 31.4 Å². The third-order valence-electron chi connectivity index (χ3n) is 4.50. The summed E-state index contributed by atoms with van der Waals surface area (Å²) in [6, 6.07) is 20.8. The second-order valence-electron chi connectivity index (χ2n) is 6.85. The number of nitrogens with one attached hydrogen (secondary N) is 1. The highest BCUT2D eigenvalue weighted by atomic mass is 79.9. The van der Waals surface area contributed by atoms with Crippen LogP contribution in [-0.2, 0) is 11.4 Å². The van der Waals surface area contributed by atoms with Gasteiger partial charge in [-0.05, 0) is 53.6 Å². The highest BCUT2D eigenvalue weighted by Crippen LogP contribution is 2.28. The molecule has 33 heavy (non-hydrogen) atoms. The minimum absolute atomic E-state index is 0.135. The Labute approximate surface area is 203 Å². The van der Waals surface area contributed by atoms with Gasteiger partial charge in [-0.1, -0.05) is 52.0 Å². The number of oxazole rings is 1. The van der Waals surface area contributed by atoms with Gasteiger partial charge < -0.3 is 13.9 Å². The van der Waals surface area contributed by atoms with Gasteiger partial charge in [0.15, 0.2) is 17.1 Å². The van der Waals surface area contributed by atoms with Gasteiger partial charge in [0.2, 0.25) is 0 Å². The molecule has 4 rings (SSSR count). The maximum absolute atomic E-state index is 12.1. The van der Waals surface area contributed by atoms with Crippen molar-refractivity contribution < 1.29 is 18.7 Å². The van der Waals surface area contributed by atoms with Crippen molar-refractivity contribution in [3.05, 3.63) is 82.3 Å². The van der Waals surface area contributed by atoms with Crippen LogP contribution < -0.4 is 14.9 Å². The first-order chi connectivity index (χ1) is 16.1. The summed E-state index contributed by atoms with van der Waals surface area (Å²) in [4.78, 5) is 16.4. The van der Waals surface area contributed by atoms with E-state index in [1.54, 1.807) is 19.4 Å². The number of hydrazone groups is 1.